The number of thioether (sulfide) groups is 1. The Morgan fingerprint density at radius 3 is 2.52 bits per heavy atom. The number of anilines is 1. The average molecular weight is 386 g/mol. The molecule has 7 heteroatoms. The van der Waals surface area contributed by atoms with Gasteiger partial charge in [0, 0.05) is 36.1 Å². The van der Waals surface area contributed by atoms with Crippen molar-refractivity contribution >= 4 is 41.7 Å². The zero-order valence-electron chi connectivity index (χ0n) is 15.0. The van der Waals surface area contributed by atoms with Crippen LogP contribution in [0.3, 0.4) is 0 Å². The van der Waals surface area contributed by atoms with Crippen molar-refractivity contribution in [1.29, 1.82) is 0 Å². The summed E-state index contributed by atoms with van der Waals surface area (Å²) in [5.74, 6) is 0.0948. The van der Waals surface area contributed by atoms with Crippen LogP contribution in [0.2, 0.25) is 0 Å². The average Bonchev–Trinajstić information content (AvgIpc) is 2.95. The van der Waals surface area contributed by atoms with Crippen LogP contribution in [0.5, 0.6) is 0 Å². The fourth-order valence-electron chi connectivity index (χ4n) is 3.00. The Morgan fingerprint density at radius 1 is 1.36 bits per heavy atom. The first-order chi connectivity index (χ1) is 11.4. The molecule has 1 saturated heterocycles. The Morgan fingerprint density at radius 2 is 2.00 bits per heavy atom. The Kier molecular flexibility index (Phi) is 8.76. The van der Waals surface area contributed by atoms with Crippen molar-refractivity contribution in [2.75, 3.05) is 24.2 Å². The van der Waals surface area contributed by atoms with Crippen molar-refractivity contribution < 1.29 is 9.59 Å². The highest BCUT2D eigenvalue weighted by Gasteiger charge is 2.35. The molecule has 1 aliphatic rings. The van der Waals surface area contributed by atoms with Crippen LogP contribution in [0.15, 0.2) is 29.2 Å². The molecule has 0 radical (unpaired) electrons. The standard InChI is InChI=1S/C18H27N3O2S.ClH/c1-12(2)8-14(10-19)20-18(23)13-9-17(22)21(11-13)15-4-6-16(24-3)7-5-15;/h4-7,12-14H,8-11,19H2,1-3H3,(H,20,23);1H. The maximum absolute atomic E-state index is 12.5. The molecule has 2 atom stereocenters. The zero-order chi connectivity index (χ0) is 17.7. The molecule has 1 heterocycles. The molecule has 3 N–H and O–H groups in total. The van der Waals surface area contributed by atoms with Crippen molar-refractivity contribution in [3.8, 4) is 0 Å². The van der Waals surface area contributed by atoms with Crippen LogP contribution in [0.1, 0.15) is 26.7 Å². The summed E-state index contributed by atoms with van der Waals surface area (Å²) in [4.78, 5) is 27.6. The summed E-state index contributed by atoms with van der Waals surface area (Å²) >= 11 is 1.66. The van der Waals surface area contributed by atoms with E-state index in [1.165, 1.54) is 0 Å². The topological polar surface area (TPSA) is 75.4 Å². The fourth-order valence-corrected chi connectivity index (χ4v) is 3.41. The molecule has 1 aliphatic heterocycles. The molecule has 1 fully saturated rings. The summed E-state index contributed by atoms with van der Waals surface area (Å²) in [7, 11) is 0. The van der Waals surface area contributed by atoms with Crippen LogP contribution in [0.4, 0.5) is 5.69 Å². The zero-order valence-corrected chi connectivity index (χ0v) is 16.7. The van der Waals surface area contributed by atoms with E-state index in [4.69, 9.17) is 5.73 Å². The number of carbonyl (C=O) groups excluding carboxylic acids is 2. The molecule has 0 aliphatic carbocycles. The van der Waals surface area contributed by atoms with E-state index < -0.39 is 0 Å². The van der Waals surface area contributed by atoms with Crippen LogP contribution in [-0.4, -0.2) is 37.2 Å². The minimum atomic E-state index is -0.307. The Balaban J connectivity index is 0.00000312. The number of hydrogen-bond acceptors (Lipinski definition) is 4. The van der Waals surface area contributed by atoms with E-state index in [0.29, 0.717) is 19.0 Å². The number of carbonyl (C=O) groups is 2. The van der Waals surface area contributed by atoms with E-state index in [1.54, 1.807) is 16.7 Å². The first-order valence-corrected chi connectivity index (χ1v) is 9.62. The van der Waals surface area contributed by atoms with E-state index in [0.717, 1.165) is 17.0 Å². The first kappa shape index (κ1) is 21.8. The predicted molar refractivity (Wildman–Crippen MR) is 106 cm³/mol. The van der Waals surface area contributed by atoms with Crippen LogP contribution in [0.25, 0.3) is 0 Å². The van der Waals surface area contributed by atoms with E-state index >= 15 is 0 Å². The molecule has 0 saturated carbocycles. The van der Waals surface area contributed by atoms with E-state index in [9.17, 15) is 9.59 Å². The fraction of sp³-hybridized carbons (Fsp3) is 0.556. The first-order valence-electron chi connectivity index (χ1n) is 8.39. The van der Waals surface area contributed by atoms with Gasteiger partial charge in [-0.2, -0.15) is 0 Å². The minimum absolute atomic E-state index is 0. The lowest BCUT2D eigenvalue weighted by Gasteiger charge is -2.21. The molecule has 140 valence electrons. The summed E-state index contributed by atoms with van der Waals surface area (Å²) in [5, 5.41) is 3.00. The number of nitrogens with one attached hydrogen (secondary N) is 1. The molecule has 0 aromatic heterocycles. The summed E-state index contributed by atoms with van der Waals surface area (Å²) in [6.45, 7) is 5.06. The molecule has 2 amide bonds. The highest BCUT2D eigenvalue weighted by atomic mass is 35.5. The van der Waals surface area contributed by atoms with Gasteiger partial charge in [-0.25, -0.2) is 0 Å². The van der Waals surface area contributed by atoms with Crippen molar-refractivity contribution in [2.45, 2.75) is 37.6 Å². The number of amides is 2. The van der Waals surface area contributed by atoms with Gasteiger partial charge in [-0.3, -0.25) is 9.59 Å². The summed E-state index contributed by atoms with van der Waals surface area (Å²) < 4.78 is 0. The maximum Gasteiger partial charge on any atom is 0.227 e. The molecular formula is C18H28ClN3O2S. The van der Waals surface area contributed by atoms with Crippen molar-refractivity contribution in [3.05, 3.63) is 24.3 Å². The molecule has 2 unspecified atom stereocenters. The van der Waals surface area contributed by atoms with E-state index in [-0.39, 0.29) is 42.6 Å². The quantitative estimate of drug-likeness (QED) is 0.707. The third-order valence-electron chi connectivity index (χ3n) is 4.27. The van der Waals surface area contributed by atoms with E-state index in [2.05, 4.69) is 19.2 Å². The van der Waals surface area contributed by atoms with Gasteiger partial charge in [0.15, 0.2) is 0 Å². The van der Waals surface area contributed by atoms with Crippen LogP contribution in [-0.2, 0) is 9.59 Å². The maximum atomic E-state index is 12.5. The number of halogens is 1. The predicted octanol–water partition coefficient (Wildman–Crippen LogP) is 2.67. The molecule has 2 rings (SSSR count). The lowest BCUT2D eigenvalue weighted by atomic mass is 10.0. The van der Waals surface area contributed by atoms with E-state index in [1.807, 2.05) is 30.5 Å². The van der Waals surface area contributed by atoms with Crippen molar-refractivity contribution in [2.24, 2.45) is 17.6 Å². The Labute approximate surface area is 160 Å². The number of nitrogens with two attached hydrogens (primary N) is 1. The van der Waals surface area contributed by atoms with Gasteiger partial charge < -0.3 is 16.0 Å². The van der Waals surface area contributed by atoms with Gasteiger partial charge >= 0.3 is 0 Å². The van der Waals surface area contributed by atoms with Crippen LogP contribution < -0.4 is 16.0 Å². The van der Waals surface area contributed by atoms with Crippen LogP contribution >= 0.6 is 24.2 Å². The van der Waals surface area contributed by atoms with Crippen LogP contribution in [0, 0.1) is 11.8 Å². The second kappa shape index (κ2) is 10.0. The molecule has 0 spiro atoms. The van der Waals surface area contributed by atoms with Gasteiger partial charge in [0.25, 0.3) is 0 Å². The number of rotatable bonds is 7. The Hall–Kier alpha value is -1.24. The van der Waals surface area contributed by atoms with Gasteiger partial charge in [-0.1, -0.05) is 13.8 Å². The number of nitrogens with zero attached hydrogens (tertiary/aromatic N) is 1. The monoisotopic (exact) mass is 385 g/mol. The smallest absolute Gasteiger partial charge is 0.227 e. The third kappa shape index (κ3) is 5.90. The summed E-state index contributed by atoms with van der Waals surface area (Å²) in [5.41, 5.74) is 6.60. The second-order valence-corrected chi connectivity index (χ2v) is 7.55. The van der Waals surface area contributed by atoms with Gasteiger partial charge in [-0.15, -0.1) is 24.2 Å². The largest absolute Gasteiger partial charge is 0.352 e. The molecule has 1 aromatic rings. The van der Waals surface area contributed by atoms with Gasteiger partial charge in [0.1, 0.15) is 0 Å². The highest BCUT2D eigenvalue weighted by Crippen LogP contribution is 2.27. The molecular weight excluding hydrogens is 358 g/mol. The number of hydrogen-bond donors (Lipinski definition) is 2. The lowest BCUT2D eigenvalue weighted by molar-refractivity contribution is -0.127. The minimum Gasteiger partial charge on any atom is -0.352 e. The number of benzene rings is 1. The highest BCUT2D eigenvalue weighted by molar-refractivity contribution is 7.98. The molecule has 0 bridgehead atoms. The Bertz CT molecular complexity index is 580. The van der Waals surface area contributed by atoms with Gasteiger partial charge in [0.05, 0.1) is 5.92 Å². The SMILES string of the molecule is CSc1ccc(N2CC(C(=O)NC(CN)CC(C)C)CC2=O)cc1.Cl. The molecule has 5 nitrogen and oxygen atoms in total. The van der Waals surface area contributed by atoms with Crippen molar-refractivity contribution in [1.82, 2.24) is 5.32 Å². The molecule has 1 aromatic carbocycles. The third-order valence-corrected chi connectivity index (χ3v) is 5.01. The lowest BCUT2D eigenvalue weighted by Crippen LogP contribution is -2.44. The molecule has 25 heavy (non-hydrogen) atoms. The summed E-state index contributed by atoms with van der Waals surface area (Å²) in [6, 6.07) is 7.83. The van der Waals surface area contributed by atoms with Gasteiger partial charge in [-0.05, 0) is 42.9 Å². The van der Waals surface area contributed by atoms with Gasteiger partial charge in [0.2, 0.25) is 11.8 Å². The second-order valence-electron chi connectivity index (χ2n) is 6.67. The normalized spacial score (nSPS) is 18.2. The summed E-state index contributed by atoms with van der Waals surface area (Å²) in [6.07, 6.45) is 3.12. The van der Waals surface area contributed by atoms with Crippen molar-refractivity contribution in [3.63, 3.8) is 0 Å².